The average Bonchev–Trinajstić information content (AvgIpc) is 2.71. The van der Waals surface area contributed by atoms with Crippen LogP contribution in [0.2, 0.25) is 5.02 Å². The van der Waals surface area contributed by atoms with Gasteiger partial charge >= 0.3 is 0 Å². The van der Waals surface area contributed by atoms with E-state index in [1.165, 1.54) is 5.56 Å². The standard InChI is InChI=1S/C27H29BrClNO2/c1-26(2)24(10-5-16-11-18-13-19(28)7-9-21(18)23(31)12-16)27(3,4)25(26)32-20-8-6-17(15-30)22(29)14-20/h6-9,13-14,16,24-25H,5,10-12H2,1-4H3/t16?,24-,25-. The van der Waals surface area contributed by atoms with Gasteiger partial charge in [0.2, 0.25) is 0 Å². The Morgan fingerprint density at radius 1 is 1.09 bits per heavy atom. The Kier molecular flexibility index (Phi) is 6.20. The first-order chi connectivity index (χ1) is 15.0. The van der Waals surface area contributed by atoms with E-state index >= 15 is 0 Å². The molecule has 0 aromatic heterocycles. The monoisotopic (exact) mass is 513 g/mol. The minimum atomic E-state index is 0.00346. The number of carbonyl (C=O) groups is 1. The summed E-state index contributed by atoms with van der Waals surface area (Å²) in [6.45, 7) is 9.10. The van der Waals surface area contributed by atoms with Crippen molar-refractivity contribution in [1.29, 1.82) is 5.26 Å². The summed E-state index contributed by atoms with van der Waals surface area (Å²) in [5.74, 6) is 1.87. The fourth-order valence-corrected chi connectivity index (χ4v) is 7.02. The van der Waals surface area contributed by atoms with E-state index in [0.29, 0.717) is 34.6 Å². The highest BCUT2D eigenvalue weighted by Gasteiger charge is 2.62. The van der Waals surface area contributed by atoms with Crippen molar-refractivity contribution in [1.82, 2.24) is 0 Å². The molecule has 1 atom stereocenters. The smallest absolute Gasteiger partial charge is 0.163 e. The Hall–Kier alpha value is -1.83. The van der Waals surface area contributed by atoms with Crippen LogP contribution < -0.4 is 4.74 Å². The second-order valence-corrected chi connectivity index (χ2v) is 11.8. The predicted octanol–water partition coefficient (Wildman–Crippen LogP) is 7.63. The average molecular weight is 515 g/mol. The Morgan fingerprint density at radius 2 is 1.81 bits per heavy atom. The molecule has 0 bridgehead atoms. The highest BCUT2D eigenvalue weighted by Crippen LogP contribution is 2.62. The molecule has 3 nitrogen and oxygen atoms in total. The van der Waals surface area contributed by atoms with Gasteiger partial charge in [-0.25, -0.2) is 0 Å². The lowest BCUT2D eigenvalue weighted by Gasteiger charge is -2.63. The number of hydrogen-bond donors (Lipinski definition) is 0. The predicted molar refractivity (Wildman–Crippen MR) is 131 cm³/mol. The van der Waals surface area contributed by atoms with Gasteiger partial charge in [0.25, 0.3) is 0 Å². The van der Waals surface area contributed by atoms with E-state index < -0.39 is 0 Å². The summed E-state index contributed by atoms with van der Waals surface area (Å²) in [5, 5.41) is 9.52. The molecule has 0 saturated heterocycles. The van der Waals surface area contributed by atoms with Gasteiger partial charge in [-0.05, 0) is 60.9 Å². The fourth-order valence-electron chi connectivity index (χ4n) is 6.40. The number of fused-ring (bicyclic) bond motifs is 1. The summed E-state index contributed by atoms with van der Waals surface area (Å²) < 4.78 is 7.44. The number of nitrogens with zero attached hydrogens (tertiary/aromatic N) is 1. The molecule has 0 heterocycles. The first kappa shape index (κ1) is 23.3. The van der Waals surface area contributed by atoms with Gasteiger partial charge in [0, 0.05) is 33.4 Å². The number of nitriles is 1. The summed E-state index contributed by atoms with van der Waals surface area (Å²) in [5.41, 5.74) is 2.53. The number of carbonyl (C=O) groups excluding carboxylic acids is 1. The van der Waals surface area contributed by atoms with Crippen LogP contribution >= 0.6 is 27.5 Å². The van der Waals surface area contributed by atoms with Crippen LogP contribution in [0, 0.1) is 34.0 Å². The van der Waals surface area contributed by atoms with Gasteiger partial charge in [-0.15, -0.1) is 0 Å². The molecule has 0 aliphatic heterocycles. The maximum Gasteiger partial charge on any atom is 0.163 e. The maximum atomic E-state index is 12.7. The molecule has 4 rings (SSSR count). The van der Waals surface area contributed by atoms with Crippen molar-refractivity contribution in [2.24, 2.45) is 22.7 Å². The van der Waals surface area contributed by atoms with E-state index in [9.17, 15) is 4.79 Å². The molecule has 168 valence electrons. The molecule has 1 fully saturated rings. The molecule has 5 heteroatoms. The zero-order valence-corrected chi connectivity index (χ0v) is 21.4. The topological polar surface area (TPSA) is 50.1 Å². The number of Topliss-reactive ketones (excluding diaryl/α,β-unsaturated/α-hetero) is 1. The first-order valence-corrected chi connectivity index (χ1v) is 12.4. The summed E-state index contributed by atoms with van der Waals surface area (Å²) in [4.78, 5) is 12.7. The summed E-state index contributed by atoms with van der Waals surface area (Å²) in [7, 11) is 0. The van der Waals surface area contributed by atoms with Crippen molar-refractivity contribution in [3.8, 4) is 11.8 Å². The number of halogens is 2. The van der Waals surface area contributed by atoms with Gasteiger partial charge in [0.05, 0.1) is 10.6 Å². The third-order valence-electron chi connectivity index (χ3n) is 7.68. The number of ether oxygens (including phenoxy) is 1. The lowest BCUT2D eigenvalue weighted by Crippen LogP contribution is -2.65. The van der Waals surface area contributed by atoms with E-state index in [0.717, 1.165) is 29.3 Å². The van der Waals surface area contributed by atoms with Crippen molar-refractivity contribution in [3.63, 3.8) is 0 Å². The van der Waals surface area contributed by atoms with Gasteiger partial charge < -0.3 is 4.74 Å². The van der Waals surface area contributed by atoms with Gasteiger partial charge in [-0.1, -0.05) is 61.3 Å². The lowest BCUT2D eigenvalue weighted by molar-refractivity contribution is -0.201. The van der Waals surface area contributed by atoms with Crippen molar-refractivity contribution >= 4 is 33.3 Å². The van der Waals surface area contributed by atoms with Gasteiger partial charge in [0.15, 0.2) is 5.78 Å². The van der Waals surface area contributed by atoms with Gasteiger partial charge in [0.1, 0.15) is 17.9 Å². The Balaban J connectivity index is 1.43. The van der Waals surface area contributed by atoms with Crippen LogP contribution in [0.4, 0.5) is 0 Å². The normalized spacial score (nSPS) is 25.4. The van der Waals surface area contributed by atoms with Crippen LogP contribution in [0.15, 0.2) is 40.9 Å². The molecule has 0 radical (unpaired) electrons. The molecule has 2 aliphatic carbocycles. The Morgan fingerprint density at radius 3 is 2.47 bits per heavy atom. The van der Waals surface area contributed by atoms with Crippen molar-refractivity contribution < 1.29 is 9.53 Å². The molecule has 1 saturated carbocycles. The molecule has 2 aliphatic rings. The molecular weight excluding hydrogens is 486 g/mol. The van der Waals surface area contributed by atoms with Crippen molar-refractivity contribution in [2.75, 3.05) is 0 Å². The summed E-state index contributed by atoms with van der Waals surface area (Å²) in [6, 6.07) is 13.4. The molecule has 2 aromatic carbocycles. The summed E-state index contributed by atoms with van der Waals surface area (Å²) >= 11 is 9.74. The SMILES string of the molecule is CC1(C)[C@H](CCC2CC(=O)c3ccc(Br)cc3C2)C(C)(C)[C@H]1Oc1ccc(C#N)c(Cl)c1. The molecule has 0 N–H and O–H groups in total. The third kappa shape index (κ3) is 4.11. The van der Waals surface area contributed by atoms with Crippen molar-refractivity contribution in [3.05, 3.63) is 62.6 Å². The second-order valence-electron chi connectivity index (χ2n) is 10.5. The fraction of sp³-hybridized carbons (Fsp3) is 0.481. The Labute approximate surface area is 204 Å². The molecule has 0 spiro atoms. The zero-order valence-electron chi connectivity index (χ0n) is 19.0. The molecule has 2 aromatic rings. The van der Waals surface area contributed by atoms with Crippen molar-refractivity contribution in [2.45, 2.75) is 59.5 Å². The first-order valence-electron chi connectivity index (χ1n) is 11.2. The van der Waals surface area contributed by atoms with E-state index in [1.807, 2.05) is 18.2 Å². The quantitative estimate of drug-likeness (QED) is 0.412. The number of benzene rings is 2. The molecular formula is C27H29BrClNO2. The largest absolute Gasteiger partial charge is 0.489 e. The molecule has 0 amide bonds. The van der Waals surface area contributed by atoms with Crippen LogP contribution in [0.5, 0.6) is 5.75 Å². The van der Waals surface area contributed by atoms with E-state index in [2.05, 4.69) is 55.8 Å². The van der Waals surface area contributed by atoms with Crippen LogP contribution in [0.1, 0.15) is 68.4 Å². The lowest BCUT2D eigenvalue weighted by atomic mass is 9.44. The van der Waals surface area contributed by atoms with E-state index in [1.54, 1.807) is 12.1 Å². The van der Waals surface area contributed by atoms with E-state index in [4.69, 9.17) is 21.6 Å². The van der Waals surface area contributed by atoms with Crippen LogP contribution in [-0.4, -0.2) is 11.9 Å². The minimum Gasteiger partial charge on any atom is -0.489 e. The number of hydrogen-bond acceptors (Lipinski definition) is 3. The third-order valence-corrected chi connectivity index (χ3v) is 8.48. The highest BCUT2D eigenvalue weighted by molar-refractivity contribution is 9.10. The maximum absolute atomic E-state index is 12.7. The van der Waals surface area contributed by atoms with Crippen LogP contribution in [0.3, 0.4) is 0 Å². The molecule has 32 heavy (non-hydrogen) atoms. The minimum absolute atomic E-state index is 0.00346. The molecule has 1 unspecified atom stereocenters. The highest BCUT2D eigenvalue weighted by atomic mass is 79.9. The Bertz CT molecular complexity index is 1090. The van der Waals surface area contributed by atoms with Gasteiger partial charge in [-0.2, -0.15) is 5.26 Å². The summed E-state index contributed by atoms with van der Waals surface area (Å²) in [6.07, 6.45) is 3.79. The second kappa shape index (κ2) is 8.50. The van der Waals surface area contributed by atoms with Crippen LogP contribution in [0.25, 0.3) is 0 Å². The number of rotatable bonds is 5. The van der Waals surface area contributed by atoms with Gasteiger partial charge in [-0.3, -0.25) is 4.79 Å². The zero-order chi connectivity index (χ0) is 23.3. The van der Waals surface area contributed by atoms with Crippen LogP contribution in [-0.2, 0) is 6.42 Å². The number of ketones is 1. The van der Waals surface area contributed by atoms with E-state index in [-0.39, 0.29) is 22.7 Å².